The Hall–Kier alpha value is -0.160. The second-order valence-corrected chi connectivity index (χ2v) is 17.2. The zero-order chi connectivity index (χ0) is 28.6. The monoisotopic (exact) mass is 545 g/mol. The van der Waals surface area contributed by atoms with Gasteiger partial charge >= 0.3 is 0 Å². The van der Waals surface area contributed by atoms with Crippen molar-refractivity contribution >= 4 is 0 Å². The van der Waals surface area contributed by atoms with Gasteiger partial charge in [-0.05, 0) is 140 Å². The molecule has 13 atom stereocenters. The summed E-state index contributed by atoms with van der Waals surface area (Å²) in [6, 6.07) is 0. The van der Waals surface area contributed by atoms with E-state index >= 15 is 0 Å². The topological polar surface area (TPSA) is 86.7 Å². The van der Waals surface area contributed by atoms with Crippen molar-refractivity contribution in [3.8, 4) is 0 Å². The molecule has 0 unspecified atom stereocenters. The Bertz CT molecular complexity index is 891. The SMILES string of the molecule is C[C@@H](CC[C@@H](O)[C@@H](O)[C@@H](O)CN)[C@H]1CC[C@@]2(C)[C@@H]1CC[C@]1(C)[C@@H]2CC[C@@H]2[C@@]3(C)CCCC(C)(C)[C@@H]3CC[C@]21C. The number of fused-ring (bicyclic) bond motifs is 7. The van der Waals surface area contributed by atoms with Crippen LogP contribution in [0.25, 0.3) is 0 Å². The first-order valence-corrected chi connectivity index (χ1v) is 16.9. The molecule has 0 spiro atoms. The molecule has 0 aromatic rings. The standard InChI is InChI=1S/C35H63NO3/c1-22(9-10-25(37)30(39)26(38)21-36)23-13-18-32(4)24(23)14-19-34(6)28(32)11-12-29-33(5)17-8-16-31(2,3)27(33)15-20-35(29,34)7/h22-30,37-39H,8-21,36H2,1-7H3/t22-,23+,24+,25+,26-,27-,28+,29+,30+,32-,33-,34+,35+/m0/s1. The van der Waals surface area contributed by atoms with Crippen molar-refractivity contribution < 1.29 is 15.3 Å². The van der Waals surface area contributed by atoms with Gasteiger partial charge in [0.1, 0.15) is 6.10 Å². The molecule has 0 bridgehead atoms. The highest BCUT2D eigenvalue weighted by atomic mass is 16.4. The molecule has 5 rings (SSSR count). The number of hydrogen-bond donors (Lipinski definition) is 4. The van der Waals surface area contributed by atoms with Gasteiger partial charge in [0.25, 0.3) is 0 Å². The molecule has 0 aromatic heterocycles. The van der Waals surface area contributed by atoms with Crippen molar-refractivity contribution in [2.75, 3.05) is 6.54 Å². The Morgan fingerprint density at radius 2 is 1.28 bits per heavy atom. The molecular formula is C35H63NO3. The third-order valence-corrected chi connectivity index (χ3v) is 15.4. The van der Waals surface area contributed by atoms with E-state index in [1.165, 1.54) is 70.6 Å². The van der Waals surface area contributed by atoms with E-state index in [-0.39, 0.29) is 6.54 Å². The van der Waals surface area contributed by atoms with Gasteiger partial charge in [-0.2, -0.15) is 0 Å². The molecule has 5 saturated carbocycles. The van der Waals surface area contributed by atoms with Crippen LogP contribution in [0.15, 0.2) is 0 Å². The van der Waals surface area contributed by atoms with Crippen LogP contribution in [-0.4, -0.2) is 40.2 Å². The van der Waals surface area contributed by atoms with Gasteiger partial charge in [0, 0.05) is 6.54 Å². The summed E-state index contributed by atoms with van der Waals surface area (Å²) in [5, 5.41) is 30.6. The van der Waals surface area contributed by atoms with E-state index in [4.69, 9.17) is 5.73 Å². The van der Waals surface area contributed by atoms with E-state index < -0.39 is 18.3 Å². The minimum absolute atomic E-state index is 0.0195. The minimum Gasteiger partial charge on any atom is -0.390 e. The second kappa shape index (κ2) is 10.2. The van der Waals surface area contributed by atoms with Crippen molar-refractivity contribution in [2.24, 2.45) is 68.3 Å². The maximum atomic E-state index is 10.5. The van der Waals surface area contributed by atoms with Gasteiger partial charge in [0.15, 0.2) is 0 Å². The number of aliphatic hydroxyl groups excluding tert-OH is 3. The van der Waals surface area contributed by atoms with Crippen LogP contribution in [0.1, 0.15) is 132 Å². The van der Waals surface area contributed by atoms with Gasteiger partial charge in [-0.1, -0.05) is 54.9 Å². The van der Waals surface area contributed by atoms with Crippen LogP contribution in [0.2, 0.25) is 0 Å². The van der Waals surface area contributed by atoms with E-state index in [9.17, 15) is 15.3 Å². The Labute approximate surface area is 240 Å². The van der Waals surface area contributed by atoms with Crippen LogP contribution in [0, 0.1) is 62.6 Å². The van der Waals surface area contributed by atoms with Crippen LogP contribution >= 0.6 is 0 Å². The number of hydrogen-bond acceptors (Lipinski definition) is 4. The predicted octanol–water partition coefficient (Wildman–Crippen LogP) is 6.94. The molecule has 0 amide bonds. The van der Waals surface area contributed by atoms with Gasteiger partial charge in [-0.25, -0.2) is 0 Å². The largest absolute Gasteiger partial charge is 0.390 e. The molecule has 0 aromatic carbocycles. The number of aliphatic hydroxyl groups is 3. The summed E-state index contributed by atoms with van der Waals surface area (Å²) in [6.45, 7) is 18.4. The third kappa shape index (κ3) is 4.42. The first-order chi connectivity index (χ1) is 18.2. The Morgan fingerprint density at radius 1 is 0.667 bits per heavy atom. The molecule has 0 saturated heterocycles. The minimum atomic E-state index is -1.14. The van der Waals surface area contributed by atoms with Crippen molar-refractivity contribution in [3.05, 3.63) is 0 Å². The fraction of sp³-hybridized carbons (Fsp3) is 1.00. The summed E-state index contributed by atoms with van der Waals surface area (Å²) in [4.78, 5) is 0. The molecule has 5 aliphatic carbocycles. The lowest BCUT2D eigenvalue weighted by Gasteiger charge is -2.73. The number of rotatable bonds is 7. The molecular weight excluding hydrogens is 482 g/mol. The quantitative estimate of drug-likeness (QED) is 0.279. The summed E-state index contributed by atoms with van der Waals surface area (Å²) in [6.07, 6.45) is 13.8. The van der Waals surface area contributed by atoms with E-state index in [1.807, 2.05) is 0 Å². The fourth-order valence-corrected chi connectivity index (χ4v) is 13.2. The van der Waals surface area contributed by atoms with E-state index in [0.717, 1.165) is 30.1 Å². The van der Waals surface area contributed by atoms with E-state index in [1.54, 1.807) is 0 Å². The molecule has 5 aliphatic rings. The average molecular weight is 546 g/mol. The Kier molecular flexibility index (Phi) is 7.95. The van der Waals surface area contributed by atoms with E-state index in [0.29, 0.717) is 45.3 Å². The van der Waals surface area contributed by atoms with Crippen LogP contribution < -0.4 is 5.73 Å². The predicted molar refractivity (Wildman–Crippen MR) is 160 cm³/mol. The van der Waals surface area contributed by atoms with Gasteiger partial charge < -0.3 is 21.1 Å². The first kappa shape index (κ1) is 30.3. The second-order valence-electron chi connectivity index (χ2n) is 17.2. The highest BCUT2D eigenvalue weighted by molar-refractivity contribution is 5.19. The average Bonchev–Trinajstić information content (AvgIpc) is 3.23. The van der Waals surface area contributed by atoms with Gasteiger partial charge in [0.2, 0.25) is 0 Å². The van der Waals surface area contributed by atoms with Crippen LogP contribution in [0.4, 0.5) is 0 Å². The van der Waals surface area contributed by atoms with Crippen LogP contribution in [0.3, 0.4) is 0 Å². The number of nitrogens with two attached hydrogens (primary N) is 1. The lowest BCUT2D eigenvalue weighted by molar-refractivity contribution is -0.241. The summed E-state index contributed by atoms with van der Waals surface area (Å²) in [7, 11) is 0. The van der Waals surface area contributed by atoms with Gasteiger partial charge in [-0.15, -0.1) is 0 Å². The zero-order valence-electron chi connectivity index (χ0n) is 26.5. The molecule has 0 heterocycles. The first-order valence-electron chi connectivity index (χ1n) is 16.9. The smallest absolute Gasteiger partial charge is 0.107 e. The summed E-state index contributed by atoms with van der Waals surface area (Å²) < 4.78 is 0. The van der Waals surface area contributed by atoms with Crippen molar-refractivity contribution in [1.29, 1.82) is 0 Å². The molecule has 4 heteroatoms. The maximum absolute atomic E-state index is 10.5. The molecule has 39 heavy (non-hydrogen) atoms. The van der Waals surface area contributed by atoms with Crippen molar-refractivity contribution in [3.63, 3.8) is 0 Å². The normalized spacial score (nSPS) is 50.1. The summed E-state index contributed by atoms with van der Waals surface area (Å²) in [5.41, 5.74) is 7.83. The van der Waals surface area contributed by atoms with Crippen molar-refractivity contribution in [2.45, 2.75) is 150 Å². The van der Waals surface area contributed by atoms with Gasteiger partial charge in [-0.3, -0.25) is 0 Å². The lowest BCUT2D eigenvalue weighted by Crippen LogP contribution is -2.65. The van der Waals surface area contributed by atoms with Crippen LogP contribution in [0.5, 0.6) is 0 Å². The summed E-state index contributed by atoms with van der Waals surface area (Å²) in [5.74, 6) is 4.61. The zero-order valence-corrected chi connectivity index (χ0v) is 26.5. The molecule has 0 aliphatic heterocycles. The highest BCUT2D eigenvalue weighted by Gasteiger charge is 2.70. The molecule has 226 valence electrons. The summed E-state index contributed by atoms with van der Waals surface area (Å²) >= 11 is 0. The molecule has 5 fully saturated rings. The Balaban J connectivity index is 1.33. The van der Waals surface area contributed by atoms with Gasteiger partial charge in [0.05, 0.1) is 12.2 Å². The molecule has 0 radical (unpaired) electrons. The highest BCUT2D eigenvalue weighted by Crippen LogP contribution is 2.78. The van der Waals surface area contributed by atoms with Crippen LogP contribution in [-0.2, 0) is 0 Å². The maximum Gasteiger partial charge on any atom is 0.107 e. The molecule has 5 N–H and O–H groups in total. The fourth-order valence-electron chi connectivity index (χ4n) is 13.2. The van der Waals surface area contributed by atoms with E-state index in [2.05, 4.69) is 48.5 Å². The molecule has 4 nitrogen and oxygen atoms in total. The Morgan fingerprint density at radius 3 is 1.92 bits per heavy atom. The van der Waals surface area contributed by atoms with Crippen molar-refractivity contribution in [1.82, 2.24) is 0 Å². The lowest BCUT2D eigenvalue weighted by atomic mass is 9.32. The third-order valence-electron chi connectivity index (χ3n) is 15.4.